The highest BCUT2D eigenvalue weighted by molar-refractivity contribution is 5.99. The highest BCUT2D eigenvalue weighted by Gasteiger charge is 2.49. The lowest BCUT2D eigenvalue weighted by atomic mass is 9.91. The number of ether oxygens (including phenoxy) is 1. The average Bonchev–Trinajstić information content (AvgIpc) is 3.24. The number of amides is 2. The van der Waals surface area contributed by atoms with Crippen LogP contribution in [0.5, 0.6) is 5.75 Å². The van der Waals surface area contributed by atoms with Gasteiger partial charge in [0.05, 0.1) is 25.4 Å². The summed E-state index contributed by atoms with van der Waals surface area (Å²) in [4.78, 5) is 29.7. The first-order chi connectivity index (χ1) is 17.1. The Morgan fingerprint density at radius 1 is 1.14 bits per heavy atom. The van der Waals surface area contributed by atoms with Gasteiger partial charge in [0.15, 0.2) is 0 Å². The van der Waals surface area contributed by atoms with Gasteiger partial charge in [-0.25, -0.2) is 0 Å². The lowest BCUT2D eigenvalue weighted by Crippen LogP contribution is -2.64. The van der Waals surface area contributed by atoms with Crippen molar-refractivity contribution in [1.29, 1.82) is 0 Å². The number of fused-ring (bicyclic) bond motifs is 1. The van der Waals surface area contributed by atoms with Crippen LogP contribution < -0.4 is 10.1 Å². The van der Waals surface area contributed by atoms with Crippen molar-refractivity contribution >= 4 is 11.8 Å². The first-order valence-electron chi connectivity index (χ1n) is 13.6. The fourth-order valence-corrected chi connectivity index (χ4v) is 5.30. The molecule has 36 heavy (non-hydrogen) atoms. The highest BCUT2D eigenvalue weighted by Crippen LogP contribution is 2.33. The minimum atomic E-state index is -1.08. The van der Waals surface area contributed by atoms with E-state index in [1.807, 2.05) is 44.2 Å². The van der Waals surface area contributed by atoms with Crippen LogP contribution in [-0.2, 0) is 23.3 Å². The number of hydrogen-bond acceptors (Lipinski definition) is 4. The minimum Gasteiger partial charge on any atom is -0.494 e. The molecule has 1 N–H and O–H groups in total. The number of rotatable bonds is 6. The molecule has 0 spiro atoms. The van der Waals surface area contributed by atoms with Crippen molar-refractivity contribution in [3.63, 3.8) is 0 Å². The summed E-state index contributed by atoms with van der Waals surface area (Å²) in [6.45, 7) is 11.2. The Balaban J connectivity index is 1.70. The van der Waals surface area contributed by atoms with Crippen LogP contribution >= 0.6 is 0 Å². The van der Waals surface area contributed by atoms with Crippen LogP contribution in [0.4, 0.5) is 0 Å². The SMILES string of the molecule is CCOc1ccccc1CN1C(=O)c2cc(C(C)(C)C)nn2C[C@@]1(C)C(=O)NC1CCCCCCC1. The van der Waals surface area contributed by atoms with E-state index in [1.54, 1.807) is 9.58 Å². The van der Waals surface area contributed by atoms with Crippen molar-refractivity contribution in [1.82, 2.24) is 20.0 Å². The first-order valence-corrected chi connectivity index (χ1v) is 13.6. The van der Waals surface area contributed by atoms with Gasteiger partial charge in [-0.2, -0.15) is 5.10 Å². The predicted molar refractivity (Wildman–Crippen MR) is 141 cm³/mol. The van der Waals surface area contributed by atoms with Crippen LogP contribution in [0, 0.1) is 0 Å². The molecule has 1 aromatic heterocycles. The van der Waals surface area contributed by atoms with Gasteiger partial charge in [0.25, 0.3) is 5.91 Å². The molecule has 1 aliphatic carbocycles. The predicted octanol–water partition coefficient (Wildman–Crippen LogP) is 5.22. The molecule has 4 rings (SSSR count). The smallest absolute Gasteiger partial charge is 0.273 e. The van der Waals surface area contributed by atoms with E-state index in [4.69, 9.17) is 9.84 Å². The molecule has 2 aliphatic rings. The third-order valence-corrected chi connectivity index (χ3v) is 7.60. The number of hydrogen-bond donors (Lipinski definition) is 1. The van der Waals surface area contributed by atoms with Gasteiger partial charge >= 0.3 is 0 Å². The van der Waals surface area contributed by atoms with Crippen LogP contribution in [0.3, 0.4) is 0 Å². The molecule has 7 nitrogen and oxygen atoms in total. The quantitative estimate of drug-likeness (QED) is 0.597. The first kappa shape index (κ1) is 26.2. The second kappa shape index (κ2) is 10.7. The van der Waals surface area contributed by atoms with E-state index >= 15 is 0 Å². The van der Waals surface area contributed by atoms with E-state index < -0.39 is 5.54 Å². The van der Waals surface area contributed by atoms with Crippen LogP contribution in [0.15, 0.2) is 30.3 Å². The standard InChI is InChI=1S/C29H42N4O3/c1-6-36-24-17-13-12-14-21(24)19-32-26(34)23-18-25(28(2,3)4)31-33(23)20-29(32,5)27(35)30-22-15-10-8-7-9-11-16-22/h12-14,17-18,22H,6-11,15-16,19-20H2,1-5H3,(H,30,35)/t29-/m0/s1. The molecule has 1 aromatic carbocycles. The Bertz CT molecular complexity index is 1080. The molecule has 1 aliphatic heterocycles. The molecular formula is C29H42N4O3. The van der Waals surface area contributed by atoms with Crippen molar-refractivity contribution in [3.05, 3.63) is 47.3 Å². The number of nitrogens with one attached hydrogen (secondary N) is 1. The van der Waals surface area contributed by atoms with Gasteiger partial charge in [-0.3, -0.25) is 14.3 Å². The maximum atomic E-state index is 14.0. The summed E-state index contributed by atoms with van der Waals surface area (Å²) >= 11 is 0. The van der Waals surface area contributed by atoms with Crippen molar-refractivity contribution < 1.29 is 14.3 Å². The fourth-order valence-electron chi connectivity index (χ4n) is 5.30. The Labute approximate surface area is 215 Å². The molecule has 2 aromatic rings. The molecular weight excluding hydrogens is 452 g/mol. The molecule has 1 atom stereocenters. The Kier molecular flexibility index (Phi) is 7.76. The zero-order valence-electron chi connectivity index (χ0n) is 22.6. The second-order valence-electron chi connectivity index (χ2n) is 11.5. The molecule has 1 saturated carbocycles. The summed E-state index contributed by atoms with van der Waals surface area (Å²) in [7, 11) is 0. The third kappa shape index (κ3) is 5.45. The maximum absolute atomic E-state index is 14.0. The topological polar surface area (TPSA) is 76.5 Å². The van der Waals surface area contributed by atoms with Crippen molar-refractivity contribution in [2.45, 2.75) is 110 Å². The number of carbonyl (C=O) groups excluding carboxylic acids is 2. The number of nitrogens with zero attached hydrogens (tertiary/aromatic N) is 3. The van der Waals surface area contributed by atoms with Gasteiger partial charge in [-0.15, -0.1) is 0 Å². The summed E-state index contributed by atoms with van der Waals surface area (Å²) in [5, 5.41) is 8.11. The lowest BCUT2D eigenvalue weighted by molar-refractivity contribution is -0.134. The molecule has 0 radical (unpaired) electrons. The molecule has 0 unspecified atom stereocenters. The zero-order chi connectivity index (χ0) is 25.9. The normalized spacial score (nSPS) is 21.5. The van der Waals surface area contributed by atoms with Gasteiger partial charge in [0, 0.05) is 17.0 Å². The van der Waals surface area contributed by atoms with E-state index in [2.05, 4.69) is 26.1 Å². The highest BCUT2D eigenvalue weighted by atomic mass is 16.5. The number of benzene rings is 1. The molecule has 2 amide bonds. The van der Waals surface area contributed by atoms with E-state index in [0.29, 0.717) is 25.4 Å². The molecule has 2 heterocycles. The summed E-state index contributed by atoms with van der Waals surface area (Å²) in [6, 6.07) is 9.79. The maximum Gasteiger partial charge on any atom is 0.273 e. The minimum absolute atomic E-state index is 0.103. The Morgan fingerprint density at radius 3 is 2.47 bits per heavy atom. The van der Waals surface area contributed by atoms with Crippen LogP contribution in [0.25, 0.3) is 0 Å². The Hall–Kier alpha value is -2.83. The molecule has 0 bridgehead atoms. The molecule has 196 valence electrons. The van der Waals surface area contributed by atoms with E-state index in [1.165, 1.54) is 19.3 Å². The van der Waals surface area contributed by atoms with Crippen LogP contribution in [0.2, 0.25) is 0 Å². The van der Waals surface area contributed by atoms with Crippen molar-refractivity contribution in [2.75, 3.05) is 6.61 Å². The van der Waals surface area contributed by atoms with Crippen molar-refractivity contribution in [3.8, 4) is 5.75 Å². The summed E-state index contributed by atoms with van der Waals surface area (Å²) in [5.41, 5.74) is 0.999. The molecule has 7 heteroatoms. The Morgan fingerprint density at radius 2 is 1.81 bits per heavy atom. The van der Waals surface area contributed by atoms with Gasteiger partial charge < -0.3 is 15.0 Å². The average molecular weight is 495 g/mol. The lowest BCUT2D eigenvalue weighted by Gasteiger charge is -2.44. The molecule has 1 fully saturated rings. The zero-order valence-corrected chi connectivity index (χ0v) is 22.6. The van der Waals surface area contributed by atoms with Gasteiger partial charge in [-0.05, 0) is 38.8 Å². The second-order valence-corrected chi connectivity index (χ2v) is 11.5. The third-order valence-electron chi connectivity index (χ3n) is 7.60. The van der Waals surface area contributed by atoms with Gasteiger partial charge in [0.1, 0.15) is 17.0 Å². The number of para-hydroxylation sites is 1. The van der Waals surface area contributed by atoms with E-state index in [0.717, 1.165) is 42.7 Å². The fraction of sp³-hybridized carbons (Fsp3) is 0.621. The van der Waals surface area contributed by atoms with Crippen molar-refractivity contribution in [2.24, 2.45) is 0 Å². The molecule has 0 saturated heterocycles. The monoisotopic (exact) mass is 494 g/mol. The summed E-state index contributed by atoms with van der Waals surface area (Å²) < 4.78 is 7.59. The number of carbonyl (C=O) groups is 2. The van der Waals surface area contributed by atoms with Crippen LogP contribution in [-0.4, -0.2) is 44.7 Å². The largest absolute Gasteiger partial charge is 0.494 e. The van der Waals surface area contributed by atoms with Gasteiger partial charge in [0.2, 0.25) is 5.91 Å². The van der Waals surface area contributed by atoms with E-state index in [9.17, 15) is 9.59 Å². The van der Waals surface area contributed by atoms with Gasteiger partial charge in [-0.1, -0.05) is 71.1 Å². The summed E-state index contributed by atoms with van der Waals surface area (Å²) in [6.07, 6.45) is 7.95. The van der Waals surface area contributed by atoms with E-state index in [-0.39, 0.29) is 23.3 Å². The number of aromatic nitrogens is 2. The summed E-state index contributed by atoms with van der Waals surface area (Å²) in [5.74, 6) is 0.463. The van der Waals surface area contributed by atoms with Crippen LogP contribution in [0.1, 0.15) is 101 Å².